The number of phenols is 1. The fraction of sp³-hybridized carbons (Fsp3) is 0.414. The van der Waals surface area contributed by atoms with Gasteiger partial charge in [0.05, 0.1) is 11.6 Å². The minimum Gasteiger partial charge on any atom is -0.508 e. The summed E-state index contributed by atoms with van der Waals surface area (Å²) in [4.78, 5) is 40.6. The number of amides is 1. The zero-order valence-corrected chi connectivity index (χ0v) is 21.2. The molecule has 4 atom stereocenters. The van der Waals surface area contributed by atoms with Gasteiger partial charge in [-0.1, -0.05) is 17.9 Å². The molecule has 6 N–H and O–H groups in total. The first-order valence-electron chi connectivity index (χ1n) is 12.7. The van der Waals surface area contributed by atoms with Crippen LogP contribution in [-0.2, 0) is 20.8 Å². The molecule has 1 aromatic carbocycles. The lowest BCUT2D eigenvalue weighted by molar-refractivity contribution is -0.153. The summed E-state index contributed by atoms with van der Waals surface area (Å²) in [6.45, 7) is 0. The van der Waals surface area contributed by atoms with Gasteiger partial charge in [-0.25, -0.2) is 0 Å². The predicted molar refractivity (Wildman–Crippen MR) is 138 cm³/mol. The molecule has 0 spiro atoms. The van der Waals surface area contributed by atoms with Crippen LogP contribution in [0.3, 0.4) is 0 Å². The first-order valence-corrected chi connectivity index (χ1v) is 12.7. The molecule has 1 fully saturated rings. The van der Waals surface area contributed by atoms with Crippen LogP contribution < -0.4 is 5.73 Å². The number of ketones is 2. The van der Waals surface area contributed by atoms with E-state index in [4.69, 9.17) is 5.73 Å². The molecule has 38 heavy (non-hydrogen) atoms. The lowest BCUT2D eigenvalue weighted by atomic mass is 9.57. The third-order valence-corrected chi connectivity index (χ3v) is 8.25. The van der Waals surface area contributed by atoms with E-state index < -0.39 is 58.0 Å². The molecule has 4 aliphatic carbocycles. The third-order valence-electron chi connectivity index (χ3n) is 8.25. The van der Waals surface area contributed by atoms with E-state index in [9.17, 15) is 34.8 Å². The highest BCUT2D eigenvalue weighted by atomic mass is 16.3. The van der Waals surface area contributed by atoms with Crippen molar-refractivity contribution in [2.45, 2.75) is 50.2 Å². The van der Waals surface area contributed by atoms with Crippen LogP contribution in [0.1, 0.15) is 48.8 Å². The maximum atomic E-state index is 13.9. The number of hydrogen-bond acceptors (Lipinski definition) is 8. The molecular weight excluding hydrogens is 488 g/mol. The van der Waals surface area contributed by atoms with E-state index in [0.717, 1.165) is 31.3 Å². The summed E-state index contributed by atoms with van der Waals surface area (Å²) in [5.74, 6) is -0.319. The number of fused-ring (bicyclic) bond motifs is 3. The molecule has 198 valence electrons. The van der Waals surface area contributed by atoms with Crippen molar-refractivity contribution in [1.82, 2.24) is 4.90 Å². The molecule has 0 aliphatic heterocycles. The van der Waals surface area contributed by atoms with E-state index >= 15 is 0 Å². The Hall–Kier alpha value is -3.87. The number of Topliss-reactive ketones (excluding diaryl/α,β-unsaturated/α-hetero) is 2. The number of aliphatic hydroxyl groups excluding tert-OH is 2. The zero-order valence-electron chi connectivity index (χ0n) is 21.2. The first-order chi connectivity index (χ1) is 18.0. The summed E-state index contributed by atoms with van der Waals surface area (Å²) < 4.78 is 0. The lowest BCUT2D eigenvalue weighted by Crippen LogP contribution is -2.65. The van der Waals surface area contributed by atoms with E-state index in [2.05, 4.69) is 17.9 Å². The average Bonchev–Trinajstić information content (AvgIpc) is 2.86. The van der Waals surface area contributed by atoms with Gasteiger partial charge < -0.3 is 26.2 Å². The molecule has 1 amide bonds. The standard InChI is InChI=1S/C29H30N2O7/c1-31(2)23-18-13-16-12-17-15(9-8-14-6-4-3-5-7-14)10-11-19(32)21(17)24(33)20(16)26(35)29(18,38)27(36)22(25(23)34)28(30)37/h6,10-11,16,18,23,32-33,36,38H,3-5,7,12-13H2,1-2H3,(H2,30,37)/t16-,18-,23-,29-/m1/s1. The number of carbonyl (C=O) groups is 3. The molecule has 9 nitrogen and oxygen atoms in total. The fourth-order valence-corrected chi connectivity index (χ4v) is 6.46. The number of hydrogen-bond donors (Lipinski definition) is 5. The van der Waals surface area contributed by atoms with Crippen LogP contribution in [0.2, 0.25) is 0 Å². The van der Waals surface area contributed by atoms with Crippen molar-refractivity contribution in [3.63, 3.8) is 0 Å². The van der Waals surface area contributed by atoms with Crippen molar-refractivity contribution in [1.29, 1.82) is 0 Å². The van der Waals surface area contributed by atoms with Gasteiger partial charge in [0.25, 0.3) is 5.91 Å². The van der Waals surface area contributed by atoms with Crippen LogP contribution >= 0.6 is 0 Å². The molecular formula is C29H30N2O7. The number of phenolic OH excluding ortho intramolecular Hbond substituents is 1. The smallest absolute Gasteiger partial charge is 0.255 e. The van der Waals surface area contributed by atoms with Crippen molar-refractivity contribution in [2.75, 3.05) is 14.1 Å². The molecule has 4 aliphatic rings. The van der Waals surface area contributed by atoms with Gasteiger partial charge in [-0.05, 0) is 81.8 Å². The number of allylic oxidation sites excluding steroid dienone is 2. The second-order valence-corrected chi connectivity index (χ2v) is 10.7. The summed E-state index contributed by atoms with van der Waals surface area (Å²) >= 11 is 0. The second kappa shape index (κ2) is 9.15. The highest BCUT2D eigenvalue weighted by molar-refractivity contribution is 6.24. The predicted octanol–water partition coefficient (Wildman–Crippen LogP) is 1.82. The minimum atomic E-state index is -2.65. The Balaban J connectivity index is 1.67. The number of rotatable bonds is 2. The normalized spacial score (nSPS) is 28.7. The van der Waals surface area contributed by atoms with Crippen LogP contribution in [0.4, 0.5) is 0 Å². The van der Waals surface area contributed by atoms with Gasteiger partial charge in [-0.2, -0.15) is 0 Å². The van der Waals surface area contributed by atoms with Crippen LogP contribution in [-0.4, -0.2) is 68.5 Å². The molecule has 0 saturated heterocycles. The number of nitrogens with two attached hydrogens (primary N) is 1. The van der Waals surface area contributed by atoms with Crippen molar-refractivity contribution < 1.29 is 34.8 Å². The summed E-state index contributed by atoms with van der Waals surface area (Å²) in [7, 11) is 3.14. The van der Waals surface area contributed by atoms with Crippen molar-refractivity contribution in [3.05, 3.63) is 57.4 Å². The maximum Gasteiger partial charge on any atom is 0.255 e. The Morgan fingerprint density at radius 2 is 1.87 bits per heavy atom. The van der Waals surface area contributed by atoms with Crippen molar-refractivity contribution in [3.8, 4) is 17.6 Å². The quantitative estimate of drug-likeness (QED) is 0.293. The Morgan fingerprint density at radius 3 is 2.50 bits per heavy atom. The minimum absolute atomic E-state index is 0.0411. The van der Waals surface area contributed by atoms with E-state index in [-0.39, 0.29) is 29.7 Å². The highest BCUT2D eigenvalue weighted by Gasteiger charge is 2.64. The number of aromatic hydroxyl groups is 1. The van der Waals surface area contributed by atoms with Gasteiger partial charge in [0.2, 0.25) is 5.78 Å². The van der Waals surface area contributed by atoms with Crippen LogP contribution in [0.25, 0.3) is 5.76 Å². The van der Waals surface area contributed by atoms with Crippen LogP contribution in [0.15, 0.2) is 40.7 Å². The molecule has 0 bridgehead atoms. The Kier molecular flexibility index (Phi) is 6.21. The molecule has 1 aromatic rings. The van der Waals surface area contributed by atoms with Crippen molar-refractivity contribution in [2.24, 2.45) is 17.6 Å². The second-order valence-electron chi connectivity index (χ2n) is 10.7. The molecule has 5 rings (SSSR count). The maximum absolute atomic E-state index is 13.9. The number of benzene rings is 1. The molecule has 0 heterocycles. The molecule has 0 radical (unpaired) electrons. The molecule has 0 unspecified atom stereocenters. The summed E-state index contributed by atoms with van der Waals surface area (Å²) in [5, 5.41) is 44.5. The molecule has 9 heteroatoms. The largest absolute Gasteiger partial charge is 0.508 e. The Labute approximate surface area is 219 Å². The highest BCUT2D eigenvalue weighted by Crippen LogP contribution is 2.52. The summed E-state index contributed by atoms with van der Waals surface area (Å²) in [6.07, 6.45) is 6.44. The van der Waals surface area contributed by atoms with Gasteiger partial charge in [-0.15, -0.1) is 0 Å². The fourth-order valence-electron chi connectivity index (χ4n) is 6.46. The summed E-state index contributed by atoms with van der Waals surface area (Å²) in [5.41, 5.74) is 3.95. The van der Waals surface area contributed by atoms with Gasteiger partial charge in [-0.3, -0.25) is 19.3 Å². The number of aliphatic hydroxyl groups is 3. The monoisotopic (exact) mass is 518 g/mol. The number of carbonyl (C=O) groups excluding carboxylic acids is 3. The SMILES string of the molecule is CN(C)[C@H]1C(=O)C(C(N)=O)=C(O)[C@]2(O)C(=O)C3=C(O)c4c(O)ccc(C#CC5=CCCCC5)c4C[C@@H]3C[C@H]12. The van der Waals surface area contributed by atoms with Crippen LogP contribution in [0, 0.1) is 23.7 Å². The average molecular weight is 519 g/mol. The Morgan fingerprint density at radius 1 is 1.13 bits per heavy atom. The topological polar surface area (TPSA) is 161 Å². The van der Waals surface area contributed by atoms with Crippen LogP contribution in [0.5, 0.6) is 5.75 Å². The van der Waals surface area contributed by atoms with Gasteiger partial charge in [0, 0.05) is 17.1 Å². The molecule has 0 aromatic heterocycles. The van der Waals surface area contributed by atoms with Crippen molar-refractivity contribution >= 4 is 23.2 Å². The van der Waals surface area contributed by atoms with E-state index in [1.54, 1.807) is 20.2 Å². The zero-order chi connectivity index (χ0) is 27.5. The number of primary amides is 1. The van der Waals surface area contributed by atoms with E-state index in [0.29, 0.717) is 11.1 Å². The summed E-state index contributed by atoms with van der Waals surface area (Å²) in [6, 6.07) is 1.95. The van der Waals surface area contributed by atoms with E-state index in [1.807, 2.05) is 0 Å². The lowest BCUT2D eigenvalue weighted by Gasteiger charge is -2.50. The first kappa shape index (κ1) is 25.8. The van der Waals surface area contributed by atoms with E-state index in [1.165, 1.54) is 11.0 Å². The van der Waals surface area contributed by atoms with Gasteiger partial charge in [0.1, 0.15) is 22.8 Å². The molecule has 1 saturated carbocycles. The van der Waals surface area contributed by atoms with Gasteiger partial charge >= 0.3 is 0 Å². The third kappa shape index (κ3) is 3.67. The number of likely N-dealkylation sites (N-methyl/N-ethyl adjacent to an activating group) is 1. The number of nitrogens with zero attached hydrogens (tertiary/aromatic N) is 1. The van der Waals surface area contributed by atoms with Gasteiger partial charge in [0.15, 0.2) is 11.4 Å². The Bertz CT molecular complexity index is 1440.